The fourth-order valence-electron chi connectivity index (χ4n) is 13.9. The molecule has 3 fully saturated rings. The van der Waals surface area contributed by atoms with E-state index in [4.69, 9.17) is 14.5 Å². The average molecular weight is 1480 g/mol. The second-order valence-electron chi connectivity index (χ2n) is 26.1. The molecule has 544 valence electrons. The van der Waals surface area contributed by atoms with Crippen LogP contribution >= 0.6 is 48.6 Å². The van der Waals surface area contributed by atoms with Crippen LogP contribution in [0.25, 0.3) is 11.1 Å². The Morgan fingerprint density at radius 2 is 1.31 bits per heavy atom. The molecular formula is C72H87Cl3F7N9O8S. The van der Waals surface area contributed by atoms with Gasteiger partial charge < -0.3 is 48.9 Å². The summed E-state index contributed by atoms with van der Waals surface area (Å²) in [4.78, 5) is 86.5. The van der Waals surface area contributed by atoms with E-state index in [-0.39, 0.29) is 106 Å². The van der Waals surface area contributed by atoms with Gasteiger partial charge in [-0.2, -0.15) is 26.3 Å². The van der Waals surface area contributed by atoms with Crippen molar-refractivity contribution in [2.75, 3.05) is 123 Å². The molecule has 4 aliphatic rings. The molecule has 2 atom stereocenters. The highest BCUT2D eigenvalue weighted by molar-refractivity contribution is 7.17. The highest BCUT2D eigenvalue weighted by atomic mass is 35.5. The second kappa shape index (κ2) is 34.7. The molecule has 0 unspecified atom stereocenters. The first-order chi connectivity index (χ1) is 46.2. The maximum atomic E-state index is 14.3. The van der Waals surface area contributed by atoms with E-state index in [1.54, 1.807) is 35.7 Å². The first-order valence-electron chi connectivity index (χ1n) is 33.0. The molecule has 17 nitrogen and oxygen atoms in total. The lowest BCUT2D eigenvalue weighted by atomic mass is 9.72. The summed E-state index contributed by atoms with van der Waals surface area (Å²) < 4.78 is 110. The largest absolute Gasteiger partial charge is 0.465 e. The Morgan fingerprint density at radius 3 is 1.97 bits per heavy atom. The number of piperidine rings is 2. The number of likely N-dealkylation sites (N-methyl/N-ethyl adjacent to an activating group) is 3. The Kier molecular flexibility index (Phi) is 27.8. The minimum Gasteiger partial charge on any atom is -0.465 e. The molecule has 6 aromatic rings. The molecule has 1 aromatic heterocycles. The molecule has 1 spiro atoms. The quantitative estimate of drug-likeness (QED) is 0.0427. The summed E-state index contributed by atoms with van der Waals surface area (Å²) in [5, 5.41) is 11.1. The lowest BCUT2D eigenvalue weighted by Gasteiger charge is -2.44. The van der Waals surface area contributed by atoms with Crippen LogP contribution in [0.2, 0.25) is 0 Å². The van der Waals surface area contributed by atoms with Crippen molar-refractivity contribution in [1.82, 2.24) is 34.4 Å². The minimum absolute atomic E-state index is 0. The number of nitrogens with zero attached hydrogens (tertiary/aromatic N) is 9. The Labute approximate surface area is 601 Å². The van der Waals surface area contributed by atoms with Crippen LogP contribution in [0.15, 0.2) is 121 Å². The van der Waals surface area contributed by atoms with Crippen molar-refractivity contribution in [1.29, 1.82) is 0 Å². The van der Waals surface area contributed by atoms with Crippen LogP contribution in [0.3, 0.4) is 0 Å². The minimum atomic E-state index is -5.15. The molecular weight excluding hydrogens is 1390 g/mol. The number of hydrogen-bond acceptors (Lipinski definition) is 12. The summed E-state index contributed by atoms with van der Waals surface area (Å²) in [6.45, 7) is 6.50. The lowest BCUT2D eigenvalue weighted by Crippen LogP contribution is -2.50. The predicted molar refractivity (Wildman–Crippen MR) is 378 cm³/mol. The summed E-state index contributed by atoms with van der Waals surface area (Å²) in [6, 6.07) is 31.6. The van der Waals surface area contributed by atoms with Crippen LogP contribution in [0, 0.1) is 12.7 Å². The van der Waals surface area contributed by atoms with Gasteiger partial charge in [0.15, 0.2) is 5.13 Å². The number of alkyl halides is 6. The number of unbranched alkanes of at least 4 members (excludes halogenated alkanes) is 2. The number of benzene rings is 5. The summed E-state index contributed by atoms with van der Waals surface area (Å²) in [5.74, 6) is -1.99. The second-order valence-corrected chi connectivity index (χ2v) is 27.1. The van der Waals surface area contributed by atoms with Crippen LogP contribution < -0.4 is 9.80 Å². The first-order valence-corrected chi connectivity index (χ1v) is 33.8. The molecule has 5 amide bonds. The number of thiazole rings is 1. The number of carbonyl (C=O) groups is 5. The van der Waals surface area contributed by atoms with E-state index in [0.29, 0.717) is 117 Å². The maximum Gasteiger partial charge on any atom is 0.416 e. The van der Waals surface area contributed by atoms with Crippen molar-refractivity contribution in [3.63, 3.8) is 0 Å². The number of amides is 5. The number of likely N-dealkylation sites (tertiary alicyclic amines) is 2. The van der Waals surface area contributed by atoms with Crippen molar-refractivity contribution in [3.05, 3.63) is 171 Å². The summed E-state index contributed by atoms with van der Waals surface area (Å²) in [7, 11) is 7.14. The number of para-hydroxylation sites is 1. The number of halogens is 10. The zero-order valence-corrected chi connectivity index (χ0v) is 59.8. The van der Waals surface area contributed by atoms with E-state index in [9.17, 15) is 59.8 Å². The van der Waals surface area contributed by atoms with Gasteiger partial charge >= 0.3 is 18.4 Å². The Hall–Kier alpha value is -7.10. The molecule has 3 saturated heterocycles. The molecule has 0 radical (unpaired) electrons. The third kappa shape index (κ3) is 18.9. The van der Waals surface area contributed by atoms with Crippen LogP contribution in [-0.4, -0.2) is 195 Å². The molecule has 3 aliphatic heterocycles. The van der Waals surface area contributed by atoms with Gasteiger partial charge in [-0.25, -0.2) is 14.2 Å². The maximum absolute atomic E-state index is 14.3. The molecule has 0 bridgehead atoms. The normalized spacial score (nSPS) is 17.7. The molecule has 10 rings (SSSR count). The van der Waals surface area contributed by atoms with Crippen LogP contribution in [0.1, 0.15) is 111 Å². The molecule has 1 aliphatic carbocycles. The highest BCUT2D eigenvalue weighted by Gasteiger charge is 2.50. The van der Waals surface area contributed by atoms with E-state index >= 15 is 0 Å². The number of rotatable bonds is 25. The number of ether oxygens (including phenoxy) is 2. The average Bonchev–Trinajstić information content (AvgIpc) is 1.58. The topological polar surface area (TPSA) is 163 Å². The number of aromatic nitrogens is 1. The van der Waals surface area contributed by atoms with E-state index < -0.39 is 64.6 Å². The van der Waals surface area contributed by atoms with Gasteiger partial charge in [0.25, 0.3) is 11.8 Å². The zero-order chi connectivity index (χ0) is 69.4. The fraction of sp³-hybridized carbons (Fsp3) is 0.472. The van der Waals surface area contributed by atoms with Gasteiger partial charge in [0, 0.05) is 110 Å². The molecule has 28 heteroatoms. The Bertz CT molecular complexity index is 3720. The van der Waals surface area contributed by atoms with Gasteiger partial charge in [0.1, 0.15) is 29.6 Å². The van der Waals surface area contributed by atoms with Crippen molar-refractivity contribution < 1.29 is 69.3 Å². The lowest BCUT2D eigenvalue weighted by molar-refractivity contribution is -0.143. The van der Waals surface area contributed by atoms with Crippen molar-refractivity contribution in [2.24, 2.45) is 0 Å². The van der Waals surface area contributed by atoms with E-state index in [1.165, 1.54) is 40.5 Å². The predicted octanol–water partition coefficient (Wildman–Crippen LogP) is 13.6. The van der Waals surface area contributed by atoms with Gasteiger partial charge in [-0.1, -0.05) is 103 Å². The number of carboxylic acid groups (broad SMARTS) is 1. The Morgan fingerprint density at radius 1 is 0.700 bits per heavy atom. The molecule has 100 heavy (non-hydrogen) atoms. The highest BCUT2D eigenvalue weighted by Crippen LogP contribution is 2.49. The third-order valence-electron chi connectivity index (χ3n) is 19.8. The number of anilines is 2. The third-order valence-corrected chi connectivity index (χ3v) is 21.0. The van der Waals surface area contributed by atoms with Gasteiger partial charge in [-0.3, -0.25) is 24.1 Å². The molecule has 5 aromatic carbocycles. The van der Waals surface area contributed by atoms with E-state index in [2.05, 4.69) is 21.9 Å². The van der Waals surface area contributed by atoms with E-state index in [0.717, 1.165) is 59.5 Å². The molecule has 1 N–H and O–H groups in total. The molecule has 0 saturated carbocycles. The van der Waals surface area contributed by atoms with E-state index in [1.807, 2.05) is 85.7 Å². The standard InChI is InChI=1S/C72H84F7N9O8S.3ClH/c1-49-64(97-67(80-49)84(5)32-15-7-10-22-62(89)81(2)40-41-85-33-27-57(28-34-85)88(68(93)94)60-21-14-12-19-58(60)50-16-8-6-9-17-50)66(92)83(4)39-38-82(3)63(90)46-95-61-44-51-18-11-13-20-59(51)69(61)29-35-86(36-30-69)37-31-70(53-23-25-56(73)26-24-53)47-87(48-96-70)65(91)52-42-54(71(74,75)76)45-55(43-52)72(77,78)79;;;/h6,8-9,11-14,16-21,23-26,42-43,45,57,61H,7,10,15,22,27-41,44,46-48H2,1-5H3,(H,93,94);3*1H/t61-,70-;;;/m0.../s1. The van der Waals surface area contributed by atoms with Gasteiger partial charge in [0.2, 0.25) is 11.8 Å². The van der Waals surface area contributed by atoms with Crippen molar-refractivity contribution in [3.8, 4) is 11.1 Å². The summed E-state index contributed by atoms with van der Waals surface area (Å²) >= 11 is 1.32. The van der Waals surface area contributed by atoms with Gasteiger partial charge in [0.05, 0.1) is 35.2 Å². The summed E-state index contributed by atoms with van der Waals surface area (Å²) in [5.41, 5.74) is 0.166. The first kappa shape index (κ1) is 80.2. The van der Waals surface area contributed by atoms with Crippen LogP contribution in [0.4, 0.5) is 46.3 Å². The van der Waals surface area contributed by atoms with Gasteiger partial charge in [-0.05, 0) is 130 Å². The van der Waals surface area contributed by atoms with Crippen molar-refractivity contribution in [2.45, 2.75) is 107 Å². The fourth-order valence-corrected chi connectivity index (χ4v) is 15.0. The van der Waals surface area contributed by atoms with Crippen LogP contribution in [-0.2, 0) is 48.9 Å². The smallest absolute Gasteiger partial charge is 0.416 e. The monoisotopic (exact) mass is 1480 g/mol. The zero-order valence-electron chi connectivity index (χ0n) is 56.6. The summed E-state index contributed by atoms with van der Waals surface area (Å²) in [6.07, 6.45) is -5.27. The number of fused-ring (bicyclic) bond motifs is 2. The van der Waals surface area contributed by atoms with Crippen LogP contribution in [0.5, 0.6) is 0 Å². The molecule has 4 heterocycles. The SMILES string of the molecule is Cc1nc(N(C)CCCCCC(=O)N(C)CCN2CCC(N(C(=O)O)c3ccccc3-c3ccccc3)CC2)sc1C(=O)N(C)CCN(C)C(=O)CO[C@H]1Cc2ccccc2C12CCN(CC[C@@]1(c3ccc(F)cc3)CN(C(=O)c3cc(C(F)(F)F)cc(C(F)(F)F)c3)CO1)CC2.Cl.Cl.Cl. The number of aryl methyl sites for hydroxylation is 1. The number of hydrogen-bond donors (Lipinski definition) is 1. The Balaban J connectivity index is 0.00000468. The van der Waals surface area contributed by atoms with Crippen molar-refractivity contribution >= 4 is 89.1 Å². The van der Waals surface area contributed by atoms with Gasteiger partial charge in [-0.15, -0.1) is 37.2 Å². The number of carbonyl (C=O) groups excluding carboxylic acids is 4.